The minimum Gasteiger partial charge on any atom is -0.369 e. The summed E-state index contributed by atoms with van der Waals surface area (Å²) in [6, 6.07) is 4.03. The van der Waals surface area contributed by atoms with E-state index in [1.165, 1.54) is 30.0 Å². The number of rotatable bonds is 7. The fourth-order valence-electron chi connectivity index (χ4n) is 1.77. The number of aliphatic imine (C=N–C) groups is 2. The van der Waals surface area contributed by atoms with Gasteiger partial charge in [0.25, 0.3) is 0 Å². The van der Waals surface area contributed by atoms with Gasteiger partial charge in [0.05, 0.1) is 23.0 Å². The van der Waals surface area contributed by atoms with Crippen molar-refractivity contribution in [2.45, 2.75) is 5.03 Å². The van der Waals surface area contributed by atoms with Gasteiger partial charge < -0.3 is 5.73 Å². The Kier molecular flexibility index (Phi) is 7.73. The highest BCUT2D eigenvalue weighted by molar-refractivity contribution is 9.10. The Bertz CT molecular complexity index is 997. The Morgan fingerprint density at radius 2 is 2.21 bits per heavy atom. The molecule has 0 spiro atoms. The van der Waals surface area contributed by atoms with Crippen LogP contribution in [0.1, 0.15) is 5.69 Å². The van der Waals surface area contributed by atoms with Crippen molar-refractivity contribution in [1.29, 1.82) is 0 Å². The summed E-state index contributed by atoms with van der Waals surface area (Å²) in [4.78, 5) is 8.00. The highest BCUT2D eigenvalue weighted by Crippen LogP contribution is 2.24. The highest BCUT2D eigenvalue weighted by atomic mass is 79.9. The van der Waals surface area contributed by atoms with Crippen molar-refractivity contribution in [3.05, 3.63) is 34.2 Å². The first kappa shape index (κ1) is 22.1. The molecule has 0 aliphatic heterocycles. The van der Waals surface area contributed by atoms with Crippen molar-refractivity contribution in [3.63, 3.8) is 0 Å². The zero-order valence-electron chi connectivity index (χ0n) is 14.3. The summed E-state index contributed by atoms with van der Waals surface area (Å²) in [5.74, 6) is -0.400. The minimum absolute atomic E-state index is 0.0657. The third-order valence-corrected chi connectivity index (χ3v) is 4.95. The lowest BCUT2D eigenvalue weighted by atomic mass is 10.3. The van der Waals surface area contributed by atoms with Gasteiger partial charge in [0.2, 0.25) is 16.0 Å². The number of amidine groups is 1. The van der Waals surface area contributed by atoms with Crippen LogP contribution in [0.2, 0.25) is 0 Å². The number of sulfonamides is 1. The van der Waals surface area contributed by atoms with Gasteiger partial charge >= 0.3 is 0 Å². The first-order valence-electron chi connectivity index (χ1n) is 7.37. The number of aromatic nitrogens is 2. The molecule has 1 heterocycles. The Balaban J connectivity index is 2.07. The molecular formula is C13H15BrFN7O4S2. The molecular weight excluding hydrogens is 481 g/mol. The Morgan fingerprint density at radius 3 is 2.86 bits per heavy atom. The molecule has 0 saturated heterocycles. The second kappa shape index (κ2) is 9.81. The molecule has 28 heavy (non-hydrogen) atoms. The second-order valence-corrected chi connectivity index (χ2v) is 8.76. The topological polar surface area (TPSA) is 168 Å². The monoisotopic (exact) mass is 495 g/mol. The summed E-state index contributed by atoms with van der Waals surface area (Å²) in [6.07, 6.45) is 0.958. The second-order valence-electron chi connectivity index (χ2n) is 5.08. The average Bonchev–Trinajstić information content (AvgIpc) is 3.06. The third kappa shape index (κ3) is 6.74. The SMILES string of the molecule is CS(=O)(=O)NC(N)=NCCSc1nonc1C(=Nc1ccc(F)c(Br)c1)NO. The summed E-state index contributed by atoms with van der Waals surface area (Å²) in [7, 11) is -3.49. The van der Waals surface area contributed by atoms with Crippen molar-refractivity contribution < 1.29 is 22.6 Å². The fourth-order valence-corrected chi connectivity index (χ4v) is 3.31. The van der Waals surface area contributed by atoms with E-state index in [9.17, 15) is 18.0 Å². The van der Waals surface area contributed by atoms with Gasteiger partial charge in [-0.05, 0) is 44.4 Å². The van der Waals surface area contributed by atoms with E-state index in [0.717, 1.165) is 6.26 Å². The summed E-state index contributed by atoms with van der Waals surface area (Å²) < 4.78 is 42.3. The van der Waals surface area contributed by atoms with Crippen molar-refractivity contribution in [3.8, 4) is 0 Å². The van der Waals surface area contributed by atoms with Crippen LogP contribution in [0, 0.1) is 5.82 Å². The van der Waals surface area contributed by atoms with Crippen LogP contribution in [0.15, 0.2) is 42.3 Å². The number of hydroxylamine groups is 1. The molecule has 0 unspecified atom stereocenters. The molecule has 0 fully saturated rings. The Morgan fingerprint density at radius 1 is 1.46 bits per heavy atom. The lowest BCUT2D eigenvalue weighted by molar-refractivity contribution is 0.234. The van der Waals surface area contributed by atoms with Crippen LogP contribution in [-0.2, 0) is 10.0 Å². The fraction of sp³-hybridized carbons (Fsp3) is 0.231. The number of halogens is 2. The molecule has 0 saturated carbocycles. The number of hydrogen-bond donors (Lipinski definition) is 4. The summed E-state index contributed by atoms with van der Waals surface area (Å²) in [5.41, 5.74) is 7.81. The van der Waals surface area contributed by atoms with E-state index in [2.05, 4.69) is 40.9 Å². The van der Waals surface area contributed by atoms with Crippen LogP contribution in [-0.4, -0.2) is 54.3 Å². The normalized spacial score (nSPS) is 12.9. The quantitative estimate of drug-likeness (QED) is 0.144. The molecule has 5 N–H and O–H groups in total. The lowest BCUT2D eigenvalue weighted by Gasteiger charge is -2.04. The van der Waals surface area contributed by atoms with Crippen LogP contribution in [0.4, 0.5) is 10.1 Å². The van der Waals surface area contributed by atoms with Crippen LogP contribution < -0.4 is 15.9 Å². The molecule has 0 aliphatic rings. The van der Waals surface area contributed by atoms with Crippen molar-refractivity contribution >= 4 is 55.2 Å². The number of guanidine groups is 1. The van der Waals surface area contributed by atoms with Gasteiger partial charge in [0.1, 0.15) is 5.82 Å². The standard InChI is InChI=1S/C13H15BrFN7O4S2/c1-28(24,25)22-13(16)17-4-5-27-12-10(20-26-21-12)11(19-23)18-7-2-3-9(15)8(14)6-7/h2-3,6,23H,4-5H2,1H3,(H,18,19)(H3,16,17,22). The number of nitrogens with one attached hydrogen (secondary N) is 2. The maximum absolute atomic E-state index is 13.3. The van der Waals surface area contributed by atoms with E-state index in [-0.39, 0.29) is 28.5 Å². The van der Waals surface area contributed by atoms with E-state index in [1.807, 2.05) is 10.2 Å². The molecule has 11 nitrogen and oxygen atoms in total. The number of nitrogens with zero attached hydrogens (tertiary/aromatic N) is 4. The van der Waals surface area contributed by atoms with E-state index in [0.29, 0.717) is 16.5 Å². The van der Waals surface area contributed by atoms with Gasteiger partial charge in [-0.25, -0.2) is 22.4 Å². The molecule has 1 aromatic heterocycles. The largest absolute Gasteiger partial charge is 0.369 e. The molecule has 15 heteroatoms. The number of nitrogens with two attached hydrogens (primary N) is 1. The summed E-state index contributed by atoms with van der Waals surface area (Å²) in [5, 5.41) is 17.1. The molecule has 0 amide bonds. The zero-order chi connectivity index (χ0) is 20.7. The average molecular weight is 496 g/mol. The van der Waals surface area contributed by atoms with Crippen molar-refractivity contribution in [2.24, 2.45) is 15.7 Å². The number of thioether (sulfide) groups is 1. The maximum atomic E-state index is 13.3. The predicted octanol–water partition coefficient (Wildman–Crippen LogP) is 0.984. The van der Waals surface area contributed by atoms with Gasteiger partial charge in [0.15, 0.2) is 16.6 Å². The van der Waals surface area contributed by atoms with Crippen molar-refractivity contribution in [1.82, 2.24) is 20.5 Å². The molecule has 152 valence electrons. The molecule has 0 atom stereocenters. The first-order chi connectivity index (χ1) is 13.2. The lowest BCUT2D eigenvalue weighted by Crippen LogP contribution is -2.36. The van der Waals surface area contributed by atoms with Gasteiger partial charge in [-0.2, -0.15) is 0 Å². The molecule has 0 bridgehead atoms. The van der Waals surface area contributed by atoms with E-state index in [4.69, 9.17) is 5.73 Å². The van der Waals surface area contributed by atoms with Crippen molar-refractivity contribution in [2.75, 3.05) is 18.6 Å². The van der Waals surface area contributed by atoms with E-state index < -0.39 is 15.8 Å². The van der Waals surface area contributed by atoms with Crippen LogP contribution in [0.25, 0.3) is 0 Å². The molecule has 0 radical (unpaired) electrons. The van der Waals surface area contributed by atoms with Crippen LogP contribution in [0.3, 0.4) is 0 Å². The Hall–Kier alpha value is -2.23. The summed E-state index contributed by atoms with van der Waals surface area (Å²) >= 11 is 4.21. The van der Waals surface area contributed by atoms with Crippen LogP contribution in [0.5, 0.6) is 0 Å². The molecule has 2 rings (SSSR count). The van der Waals surface area contributed by atoms with Gasteiger partial charge in [-0.3, -0.25) is 20.4 Å². The van der Waals surface area contributed by atoms with Gasteiger partial charge in [0, 0.05) is 5.75 Å². The van der Waals surface area contributed by atoms with E-state index >= 15 is 0 Å². The van der Waals surface area contributed by atoms with Crippen LogP contribution >= 0.6 is 27.7 Å². The number of hydrogen-bond acceptors (Lipinski definition) is 9. The molecule has 0 aliphatic carbocycles. The maximum Gasteiger partial charge on any atom is 0.232 e. The Labute approximate surface area is 171 Å². The minimum atomic E-state index is -3.49. The molecule has 1 aromatic carbocycles. The first-order valence-corrected chi connectivity index (χ1v) is 11.0. The molecule has 2 aromatic rings. The van der Waals surface area contributed by atoms with Gasteiger partial charge in [-0.15, -0.1) is 0 Å². The van der Waals surface area contributed by atoms with E-state index in [1.54, 1.807) is 0 Å². The van der Waals surface area contributed by atoms with Gasteiger partial charge in [-0.1, -0.05) is 11.8 Å². The zero-order valence-corrected chi connectivity index (χ0v) is 17.5. The third-order valence-electron chi connectivity index (χ3n) is 2.83. The summed E-state index contributed by atoms with van der Waals surface area (Å²) in [6.45, 7) is 0.176. The smallest absolute Gasteiger partial charge is 0.232 e. The highest BCUT2D eigenvalue weighted by Gasteiger charge is 2.17. The predicted molar refractivity (Wildman–Crippen MR) is 105 cm³/mol. The number of benzene rings is 1.